The maximum absolute atomic E-state index is 13.1. The molecule has 7 nitrogen and oxygen atoms in total. The third-order valence-corrected chi connectivity index (χ3v) is 3.83. The zero-order chi connectivity index (χ0) is 19.4. The fourth-order valence-corrected chi connectivity index (χ4v) is 2.68. The third kappa shape index (κ3) is 4.69. The summed E-state index contributed by atoms with van der Waals surface area (Å²) in [4.78, 5) is 25.4. The Hall–Kier alpha value is -3.22. The molecule has 140 valence electrons. The quantitative estimate of drug-likeness (QED) is 0.766. The minimum absolute atomic E-state index is 0.313. The summed E-state index contributed by atoms with van der Waals surface area (Å²) in [6, 6.07) is 15.8. The average Bonchev–Trinajstić information content (AvgIpc) is 3.04. The number of nitrogens with zero attached hydrogens (tertiary/aromatic N) is 3. The lowest BCUT2D eigenvalue weighted by atomic mass is 10.1. The van der Waals surface area contributed by atoms with Crippen LogP contribution in [-0.4, -0.2) is 38.6 Å². The van der Waals surface area contributed by atoms with E-state index in [0.29, 0.717) is 17.5 Å². The van der Waals surface area contributed by atoms with Gasteiger partial charge in [-0.15, -0.1) is 5.10 Å². The van der Waals surface area contributed by atoms with Gasteiger partial charge in [-0.05, 0) is 38.5 Å². The molecule has 0 aliphatic rings. The Balaban J connectivity index is 1.88. The first kappa shape index (κ1) is 18.6. The summed E-state index contributed by atoms with van der Waals surface area (Å²) in [7, 11) is 0. The maximum Gasteiger partial charge on any atom is 0.408 e. The van der Waals surface area contributed by atoms with E-state index in [1.165, 1.54) is 4.68 Å². The van der Waals surface area contributed by atoms with Crippen LogP contribution in [0.4, 0.5) is 4.79 Å². The normalized spacial score (nSPS) is 12.6. The predicted molar refractivity (Wildman–Crippen MR) is 101 cm³/mol. The van der Waals surface area contributed by atoms with Gasteiger partial charge in [-0.25, -0.2) is 4.79 Å². The second-order valence-electron chi connectivity index (χ2n) is 7.22. The number of hydrogen-bond donors (Lipinski definition) is 1. The zero-order valence-electron chi connectivity index (χ0n) is 15.5. The largest absolute Gasteiger partial charge is 0.444 e. The minimum atomic E-state index is -0.840. The Morgan fingerprint density at radius 2 is 1.74 bits per heavy atom. The van der Waals surface area contributed by atoms with Crippen molar-refractivity contribution in [3.05, 3.63) is 60.2 Å². The van der Waals surface area contributed by atoms with Crippen molar-refractivity contribution in [1.82, 2.24) is 20.3 Å². The molecule has 1 aromatic heterocycles. The smallest absolute Gasteiger partial charge is 0.408 e. The molecule has 1 heterocycles. The zero-order valence-corrected chi connectivity index (χ0v) is 15.5. The van der Waals surface area contributed by atoms with Gasteiger partial charge >= 0.3 is 6.09 Å². The van der Waals surface area contributed by atoms with Gasteiger partial charge in [-0.2, -0.15) is 4.68 Å². The monoisotopic (exact) mass is 366 g/mol. The molecule has 0 saturated heterocycles. The molecule has 3 rings (SSSR count). The summed E-state index contributed by atoms with van der Waals surface area (Å²) >= 11 is 0. The Bertz CT molecular complexity index is 945. The number of ether oxygens (including phenoxy) is 1. The van der Waals surface area contributed by atoms with Crippen LogP contribution in [0.25, 0.3) is 11.0 Å². The second kappa shape index (κ2) is 7.57. The number of rotatable bonds is 4. The van der Waals surface area contributed by atoms with E-state index in [1.807, 2.05) is 42.5 Å². The molecular weight excluding hydrogens is 344 g/mol. The van der Waals surface area contributed by atoms with Gasteiger partial charge in [0, 0.05) is 6.42 Å². The minimum Gasteiger partial charge on any atom is -0.444 e. The fraction of sp³-hybridized carbons (Fsp3) is 0.300. The van der Waals surface area contributed by atoms with Crippen LogP contribution < -0.4 is 5.32 Å². The van der Waals surface area contributed by atoms with Gasteiger partial charge in [0.1, 0.15) is 17.2 Å². The van der Waals surface area contributed by atoms with Crippen molar-refractivity contribution >= 4 is 23.0 Å². The molecule has 0 aliphatic heterocycles. The SMILES string of the molecule is CC(C)(C)OC(=O)N[C@@H](Cc1ccccc1)C(=O)n1nnc2ccccc21. The molecule has 1 atom stereocenters. The number of alkyl carbamates (subject to hydrolysis) is 1. The van der Waals surface area contributed by atoms with Crippen molar-refractivity contribution in [3.63, 3.8) is 0 Å². The number of benzene rings is 2. The van der Waals surface area contributed by atoms with Crippen LogP contribution in [0.3, 0.4) is 0 Å². The second-order valence-corrected chi connectivity index (χ2v) is 7.22. The highest BCUT2D eigenvalue weighted by atomic mass is 16.6. The van der Waals surface area contributed by atoms with E-state index in [-0.39, 0.29) is 5.91 Å². The Labute approximate surface area is 157 Å². The van der Waals surface area contributed by atoms with Crippen LogP contribution in [0.2, 0.25) is 0 Å². The number of aromatic nitrogens is 3. The Morgan fingerprint density at radius 3 is 2.44 bits per heavy atom. The van der Waals surface area contributed by atoms with Crippen molar-refractivity contribution in [1.29, 1.82) is 0 Å². The number of carbonyl (C=O) groups excluding carboxylic acids is 2. The molecule has 27 heavy (non-hydrogen) atoms. The first-order valence-electron chi connectivity index (χ1n) is 8.71. The maximum atomic E-state index is 13.1. The van der Waals surface area contributed by atoms with E-state index in [2.05, 4.69) is 15.6 Å². The van der Waals surface area contributed by atoms with Crippen molar-refractivity contribution < 1.29 is 14.3 Å². The molecule has 1 N–H and O–H groups in total. The van der Waals surface area contributed by atoms with Gasteiger partial charge in [0.2, 0.25) is 0 Å². The molecule has 2 aromatic carbocycles. The van der Waals surface area contributed by atoms with Gasteiger partial charge in [0.05, 0.1) is 5.52 Å². The highest BCUT2D eigenvalue weighted by molar-refractivity contribution is 5.93. The third-order valence-electron chi connectivity index (χ3n) is 3.83. The predicted octanol–water partition coefficient (Wildman–Crippen LogP) is 3.21. The standard InChI is InChI=1S/C20H22N4O3/c1-20(2,3)27-19(26)21-16(13-14-9-5-4-6-10-14)18(25)24-17-12-8-7-11-15(17)22-23-24/h4-12,16H,13H2,1-3H3,(H,21,26)/t16-/m0/s1. The first-order valence-corrected chi connectivity index (χ1v) is 8.71. The van der Waals surface area contributed by atoms with Crippen LogP contribution in [0.1, 0.15) is 31.1 Å². The summed E-state index contributed by atoms with van der Waals surface area (Å²) in [6.07, 6.45) is -0.339. The highest BCUT2D eigenvalue weighted by Crippen LogP contribution is 2.13. The fourth-order valence-electron chi connectivity index (χ4n) is 2.68. The van der Waals surface area contributed by atoms with Crippen LogP contribution in [0, 0.1) is 0 Å². The van der Waals surface area contributed by atoms with Gasteiger partial charge in [-0.3, -0.25) is 4.79 Å². The lowest BCUT2D eigenvalue weighted by Crippen LogP contribution is -2.46. The molecule has 0 bridgehead atoms. The lowest BCUT2D eigenvalue weighted by Gasteiger charge is -2.23. The number of carbonyl (C=O) groups is 2. The Morgan fingerprint density at radius 1 is 1.07 bits per heavy atom. The van der Waals surface area contributed by atoms with Crippen LogP contribution in [-0.2, 0) is 11.2 Å². The molecule has 0 radical (unpaired) electrons. The molecule has 0 fully saturated rings. The molecule has 0 unspecified atom stereocenters. The van der Waals surface area contributed by atoms with E-state index in [0.717, 1.165) is 5.56 Å². The van der Waals surface area contributed by atoms with Gasteiger partial charge in [0.25, 0.3) is 5.91 Å². The van der Waals surface area contributed by atoms with Crippen molar-refractivity contribution in [2.75, 3.05) is 0 Å². The molecule has 0 saturated carbocycles. The van der Waals surface area contributed by atoms with Gasteiger partial charge < -0.3 is 10.1 Å². The molecular formula is C20H22N4O3. The number of fused-ring (bicyclic) bond motifs is 1. The molecule has 0 spiro atoms. The first-order chi connectivity index (χ1) is 12.8. The van der Waals surface area contributed by atoms with Crippen LogP contribution in [0.15, 0.2) is 54.6 Å². The van der Waals surface area contributed by atoms with E-state index in [4.69, 9.17) is 4.74 Å². The average molecular weight is 366 g/mol. The molecule has 3 aromatic rings. The van der Waals surface area contributed by atoms with Crippen molar-refractivity contribution in [3.8, 4) is 0 Å². The van der Waals surface area contributed by atoms with Crippen molar-refractivity contribution in [2.45, 2.75) is 38.8 Å². The van der Waals surface area contributed by atoms with Crippen LogP contribution >= 0.6 is 0 Å². The number of hydrogen-bond acceptors (Lipinski definition) is 5. The lowest BCUT2D eigenvalue weighted by molar-refractivity contribution is 0.0480. The summed E-state index contributed by atoms with van der Waals surface area (Å²) in [5.74, 6) is -0.376. The van der Waals surface area contributed by atoms with Crippen molar-refractivity contribution in [2.24, 2.45) is 0 Å². The number of nitrogens with one attached hydrogen (secondary N) is 1. The van der Waals surface area contributed by atoms with Gasteiger partial charge in [-0.1, -0.05) is 47.7 Å². The molecule has 0 aliphatic carbocycles. The number of amides is 1. The van der Waals surface area contributed by atoms with E-state index < -0.39 is 17.7 Å². The van der Waals surface area contributed by atoms with E-state index in [1.54, 1.807) is 32.9 Å². The topological polar surface area (TPSA) is 86.1 Å². The van der Waals surface area contributed by atoms with E-state index in [9.17, 15) is 9.59 Å². The molecule has 1 amide bonds. The number of para-hydroxylation sites is 1. The summed E-state index contributed by atoms with van der Waals surface area (Å²) in [5.41, 5.74) is 1.45. The Kier molecular flexibility index (Phi) is 5.21. The summed E-state index contributed by atoms with van der Waals surface area (Å²) in [6.45, 7) is 5.31. The summed E-state index contributed by atoms with van der Waals surface area (Å²) < 4.78 is 6.54. The summed E-state index contributed by atoms with van der Waals surface area (Å²) in [5, 5.41) is 10.7. The van der Waals surface area contributed by atoms with Crippen LogP contribution in [0.5, 0.6) is 0 Å². The molecule has 7 heteroatoms. The van der Waals surface area contributed by atoms with Gasteiger partial charge in [0.15, 0.2) is 0 Å². The van der Waals surface area contributed by atoms with E-state index >= 15 is 0 Å². The highest BCUT2D eigenvalue weighted by Gasteiger charge is 2.27.